The Hall–Kier alpha value is -3.66. The van der Waals surface area contributed by atoms with Crippen LogP contribution in [0.4, 0.5) is 0 Å². The second kappa shape index (κ2) is 7.30. The number of rotatable bonds is 5. The van der Waals surface area contributed by atoms with Crippen molar-refractivity contribution in [2.45, 2.75) is 6.61 Å². The van der Waals surface area contributed by atoms with Crippen molar-refractivity contribution in [1.82, 2.24) is 4.98 Å². The number of nitrogens with two attached hydrogens (primary N) is 1. The second-order valence-electron chi connectivity index (χ2n) is 6.24. The fraction of sp³-hybridized carbons (Fsp3) is 0.0435. The molecule has 4 nitrogen and oxygen atoms in total. The molecule has 0 radical (unpaired) electrons. The molecule has 0 aliphatic rings. The number of carbonyl (C=O) groups is 1. The number of fused-ring (bicyclic) bond motifs is 1. The molecule has 0 atom stereocenters. The van der Waals surface area contributed by atoms with E-state index in [1.165, 1.54) is 0 Å². The molecule has 0 saturated carbocycles. The lowest BCUT2D eigenvalue weighted by Crippen LogP contribution is -2.12. The molecule has 2 N–H and O–H groups in total. The molecule has 0 saturated heterocycles. The molecule has 4 rings (SSSR count). The number of ether oxygens (including phenoxy) is 1. The molecule has 1 aromatic heterocycles. The first-order chi connectivity index (χ1) is 13.2. The Morgan fingerprint density at radius 3 is 2.33 bits per heavy atom. The van der Waals surface area contributed by atoms with Gasteiger partial charge in [0.05, 0.1) is 16.8 Å². The largest absolute Gasteiger partial charge is 0.489 e. The normalized spacial score (nSPS) is 10.7. The third-order valence-corrected chi connectivity index (χ3v) is 4.38. The lowest BCUT2D eigenvalue weighted by atomic mass is 10.0. The third-order valence-electron chi connectivity index (χ3n) is 4.38. The molecule has 0 spiro atoms. The first kappa shape index (κ1) is 16.8. The zero-order valence-corrected chi connectivity index (χ0v) is 14.6. The number of aromatic nitrogens is 1. The van der Waals surface area contributed by atoms with E-state index in [1.807, 2.05) is 78.9 Å². The Morgan fingerprint density at radius 2 is 1.59 bits per heavy atom. The van der Waals surface area contributed by atoms with Crippen LogP contribution in [0.5, 0.6) is 5.75 Å². The molecular formula is C23H18N2O2. The number of benzene rings is 3. The summed E-state index contributed by atoms with van der Waals surface area (Å²) in [5.74, 6) is 0.381. The van der Waals surface area contributed by atoms with E-state index in [1.54, 1.807) is 6.07 Å². The van der Waals surface area contributed by atoms with Gasteiger partial charge in [-0.15, -0.1) is 0 Å². The molecule has 1 heterocycles. The van der Waals surface area contributed by atoms with Gasteiger partial charge in [0.25, 0.3) is 0 Å². The summed E-state index contributed by atoms with van der Waals surface area (Å²) in [4.78, 5) is 16.5. The van der Waals surface area contributed by atoms with Gasteiger partial charge in [-0.05, 0) is 29.8 Å². The maximum atomic E-state index is 11.9. The van der Waals surface area contributed by atoms with Crippen LogP contribution in [0.1, 0.15) is 15.9 Å². The van der Waals surface area contributed by atoms with Gasteiger partial charge in [-0.3, -0.25) is 4.79 Å². The molecule has 0 fully saturated rings. The van der Waals surface area contributed by atoms with Crippen molar-refractivity contribution >= 4 is 16.8 Å². The fourth-order valence-electron chi connectivity index (χ4n) is 2.98. The molecule has 4 heteroatoms. The minimum atomic E-state index is -0.456. The van der Waals surface area contributed by atoms with Gasteiger partial charge in [-0.25, -0.2) is 4.98 Å². The SMILES string of the molecule is NC(=O)c1cc(-c2ccc(COc3ccccc3)cc2)nc2ccccc12. The van der Waals surface area contributed by atoms with E-state index in [0.29, 0.717) is 12.2 Å². The van der Waals surface area contributed by atoms with E-state index in [9.17, 15) is 4.79 Å². The maximum absolute atomic E-state index is 11.9. The van der Waals surface area contributed by atoms with Crippen LogP contribution < -0.4 is 10.5 Å². The molecule has 0 unspecified atom stereocenters. The highest BCUT2D eigenvalue weighted by molar-refractivity contribution is 6.06. The fourth-order valence-corrected chi connectivity index (χ4v) is 2.98. The van der Waals surface area contributed by atoms with Crippen LogP contribution in [0.25, 0.3) is 22.2 Å². The van der Waals surface area contributed by atoms with Gasteiger partial charge in [0, 0.05) is 10.9 Å². The van der Waals surface area contributed by atoms with Crippen molar-refractivity contribution in [3.05, 3.63) is 96.1 Å². The van der Waals surface area contributed by atoms with Crippen molar-refractivity contribution < 1.29 is 9.53 Å². The van der Waals surface area contributed by atoms with Crippen molar-refractivity contribution in [3.63, 3.8) is 0 Å². The first-order valence-corrected chi connectivity index (χ1v) is 8.67. The second-order valence-corrected chi connectivity index (χ2v) is 6.24. The zero-order chi connectivity index (χ0) is 18.6. The quantitative estimate of drug-likeness (QED) is 0.570. The summed E-state index contributed by atoms with van der Waals surface area (Å²) in [6.07, 6.45) is 0. The Kier molecular flexibility index (Phi) is 4.54. The number of carbonyl (C=O) groups excluding carboxylic acids is 1. The molecule has 27 heavy (non-hydrogen) atoms. The smallest absolute Gasteiger partial charge is 0.249 e. The number of hydrogen-bond acceptors (Lipinski definition) is 3. The molecule has 0 aliphatic heterocycles. The Morgan fingerprint density at radius 1 is 0.889 bits per heavy atom. The van der Waals surface area contributed by atoms with Crippen LogP contribution in [0.15, 0.2) is 84.9 Å². The van der Waals surface area contributed by atoms with Crippen LogP contribution in [-0.2, 0) is 6.61 Å². The summed E-state index contributed by atoms with van der Waals surface area (Å²) < 4.78 is 5.77. The average Bonchev–Trinajstić information content (AvgIpc) is 2.72. The minimum Gasteiger partial charge on any atom is -0.489 e. The van der Waals surface area contributed by atoms with Crippen molar-refractivity contribution in [2.75, 3.05) is 0 Å². The lowest BCUT2D eigenvalue weighted by molar-refractivity contribution is 0.100. The molecule has 132 valence electrons. The number of nitrogens with zero attached hydrogens (tertiary/aromatic N) is 1. The first-order valence-electron chi connectivity index (χ1n) is 8.67. The van der Waals surface area contributed by atoms with Gasteiger partial charge >= 0.3 is 0 Å². The summed E-state index contributed by atoms with van der Waals surface area (Å²) >= 11 is 0. The number of amides is 1. The molecule has 1 amide bonds. The number of para-hydroxylation sites is 2. The summed E-state index contributed by atoms with van der Waals surface area (Å²) in [7, 11) is 0. The standard InChI is InChI=1S/C23H18N2O2/c24-23(26)20-14-22(25-21-9-5-4-8-19(20)21)17-12-10-16(11-13-17)15-27-18-6-2-1-3-7-18/h1-14H,15H2,(H2,24,26). The highest BCUT2D eigenvalue weighted by Crippen LogP contribution is 2.25. The van der Waals surface area contributed by atoms with Gasteiger partial charge in [0.2, 0.25) is 5.91 Å². The van der Waals surface area contributed by atoms with Crippen LogP contribution >= 0.6 is 0 Å². The van der Waals surface area contributed by atoms with E-state index < -0.39 is 5.91 Å². The van der Waals surface area contributed by atoms with E-state index in [4.69, 9.17) is 10.5 Å². The highest BCUT2D eigenvalue weighted by atomic mass is 16.5. The number of pyridine rings is 1. The monoisotopic (exact) mass is 354 g/mol. The maximum Gasteiger partial charge on any atom is 0.249 e. The van der Waals surface area contributed by atoms with Crippen LogP contribution in [0, 0.1) is 0 Å². The zero-order valence-electron chi connectivity index (χ0n) is 14.6. The number of primary amides is 1. The van der Waals surface area contributed by atoms with Crippen molar-refractivity contribution in [2.24, 2.45) is 5.73 Å². The summed E-state index contributed by atoms with van der Waals surface area (Å²) in [6.45, 7) is 0.488. The van der Waals surface area contributed by atoms with E-state index in [2.05, 4.69) is 4.98 Å². The van der Waals surface area contributed by atoms with Gasteiger partial charge in [0.15, 0.2) is 0 Å². The highest BCUT2D eigenvalue weighted by Gasteiger charge is 2.11. The molecular weight excluding hydrogens is 336 g/mol. The van der Waals surface area contributed by atoms with Crippen LogP contribution in [0.3, 0.4) is 0 Å². The molecule has 0 bridgehead atoms. The number of hydrogen-bond donors (Lipinski definition) is 1. The van der Waals surface area contributed by atoms with Crippen LogP contribution in [0.2, 0.25) is 0 Å². The van der Waals surface area contributed by atoms with Gasteiger partial charge in [0.1, 0.15) is 12.4 Å². The van der Waals surface area contributed by atoms with E-state index >= 15 is 0 Å². The topological polar surface area (TPSA) is 65.2 Å². The van der Waals surface area contributed by atoms with Crippen molar-refractivity contribution in [3.8, 4) is 17.0 Å². The third kappa shape index (κ3) is 3.65. The van der Waals surface area contributed by atoms with Gasteiger partial charge in [-0.2, -0.15) is 0 Å². The van der Waals surface area contributed by atoms with Crippen molar-refractivity contribution in [1.29, 1.82) is 0 Å². The molecule has 0 aliphatic carbocycles. The summed E-state index contributed by atoms with van der Waals surface area (Å²) in [5.41, 5.74) is 9.49. The van der Waals surface area contributed by atoms with E-state index in [-0.39, 0.29) is 0 Å². The summed E-state index contributed by atoms with van der Waals surface area (Å²) in [5, 5.41) is 0.765. The lowest BCUT2D eigenvalue weighted by Gasteiger charge is -2.09. The predicted molar refractivity (Wildman–Crippen MR) is 106 cm³/mol. The predicted octanol–water partition coefficient (Wildman–Crippen LogP) is 4.58. The molecule has 4 aromatic rings. The Balaban J connectivity index is 1.61. The minimum absolute atomic E-state index is 0.456. The van der Waals surface area contributed by atoms with Crippen LogP contribution in [-0.4, -0.2) is 10.9 Å². The van der Waals surface area contributed by atoms with Gasteiger partial charge < -0.3 is 10.5 Å². The average molecular weight is 354 g/mol. The van der Waals surface area contributed by atoms with E-state index in [0.717, 1.165) is 33.5 Å². The molecule has 3 aromatic carbocycles. The summed E-state index contributed by atoms with van der Waals surface area (Å²) in [6, 6.07) is 26.9. The Labute approximate surface area is 157 Å². The van der Waals surface area contributed by atoms with Gasteiger partial charge in [-0.1, -0.05) is 60.7 Å². The Bertz CT molecular complexity index is 1090.